The van der Waals surface area contributed by atoms with Crippen LogP contribution < -0.4 is 15.0 Å². The monoisotopic (exact) mass is 396 g/mol. The highest BCUT2D eigenvalue weighted by molar-refractivity contribution is 7.22. The van der Waals surface area contributed by atoms with Crippen molar-refractivity contribution in [2.75, 3.05) is 49.5 Å². The van der Waals surface area contributed by atoms with Crippen LogP contribution in [0.4, 0.5) is 10.8 Å². The van der Waals surface area contributed by atoms with E-state index in [4.69, 9.17) is 4.74 Å². The van der Waals surface area contributed by atoms with Gasteiger partial charge in [0.05, 0.1) is 23.4 Å². The zero-order chi connectivity index (χ0) is 19.3. The molecule has 7 heteroatoms. The van der Waals surface area contributed by atoms with E-state index in [0.717, 1.165) is 42.1 Å². The Morgan fingerprint density at radius 1 is 1.14 bits per heavy atom. The fraction of sp³-hybridized carbons (Fsp3) is 0.333. The minimum atomic E-state index is -0.0164. The molecule has 1 aromatic heterocycles. The highest BCUT2D eigenvalue weighted by Gasteiger charge is 2.19. The Hall–Kier alpha value is -2.64. The molecule has 1 aliphatic heterocycles. The van der Waals surface area contributed by atoms with Gasteiger partial charge in [0.15, 0.2) is 5.13 Å². The van der Waals surface area contributed by atoms with Gasteiger partial charge in [0.2, 0.25) is 5.91 Å². The minimum Gasteiger partial charge on any atom is -0.494 e. The maximum absolute atomic E-state index is 12.5. The Labute approximate surface area is 168 Å². The SMILES string of the molecule is CCOc1ccc2nc(NC(=O)CN3CCN(c4ccccc4)CC3)sc2c1. The van der Waals surface area contributed by atoms with E-state index in [0.29, 0.717) is 18.3 Å². The molecule has 1 aliphatic rings. The second kappa shape index (κ2) is 8.58. The number of anilines is 2. The number of hydrogen-bond acceptors (Lipinski definition) is 6. The van der Waals surface area contributed by atoms with Gasteiger partial charge < -0.3 is 15.0 Å². The minimum absolute atomic E-state index is 0.0164. The van der Waals surface area contributed by atoms with E-state index in [9.17, 15) is 4.79 Å². The number of carbonyl (C=O) groups is 1. The van der Waals surface area contributed by atoms with Crippen molar-refractivity contribution in [1.29, 1.82) is 0 Å². The molecular weight excluding hydrogens is 372 g/mol. The summed E-state index contributed by atoms with van der Waals surface area (Å²) in [6.45, 7) is 6.59. The first-order valence-corrected chi connectivity index (χ1v) is 10.4. The molecular formula is C21H24N4O2S. The van der Waals surface area contributed by atoms with Crippen LogP contribution in [0.1, 0.15) is 6.92 Å². The molecule has 3 aromatic rings. The third-order valence-corrected chi connectivity index (χ3v) is 5.71. The predicted octanol–water partition coefficient (Wildman–Crippen LogP) is 3.46. The third-order valence-electron chi connectivity index (χ3n) is 4.78. The first kappa shape index (κ1) is 18.7. The molecule has 1 amide bonds. The summed E-state index contributed by atoms with van der Waals surface area (Å²) < 4.78 is 6.54. The first-order chi connectivity index (χ1) is 13.7. The van der Waals surface area contributed by atoms with Gasteiger partial charge in [-0.15, -0.1) is 0 Å². The van der Waals surface area contributed by atoms with Gasteiger partial charge in [-0.2, -0.15) is 0 Å². The number of nitrogens with zero attached hydrogens (tertiary/aromatic N) is 3. The number of hydrogen-bond donors (Lipinski definition) is 1. The zero-order valence-corrected chi connectivity index (χ0v) is 16.7. The van der Waals surface area contributed by atoms with Crippen LogP contribution in [0.15, 0.2) is 48.5 Å². The van der Waals surface area contributed by atoms with Crippen LogP contribution >= 0.6 is 11.3 Å². The lowest BCUT2D eigenvalue weighted by atomic mass is 10.2. The van der Waals surface area contributed by atoms with E-state index in [1.54, 1.807) is 0 Å². The van der Waals surface area contributed by atoms with E-state index in [1.165, 1.54) is 17.0 Å². The van der Waals surface area contributed by atoms with Crippen LogP contribution in [0.2, 0.25) is 0 Å². The highest BCUT2D eigenvalue weighted by atomic mass is 32.1. The Kier molecular flexibility index (Phi) is 5.73. The van der Waals surface area contributed by atoms with Gasteiger partial charge in [-0.3, -0.25) is 9.69 Å². The van der Waals surface area contributed by atoms with E-state index in [1.807, 2.05) is 31.2 Å². The average molecular weight is 397 g/mol. The van der Waals surface area contributed by atoms with Crippen LogP contribution in [0, 0.1) is 0 Å². The number of ether oxygens (including phenoxy) is 1. The molecule has 2 aromatic carbocycles. The number of benzene rings is 2. The smallest absolute Gasteiger partial charge is 0.240 e. The summed E-state index contributed by atoms with van der Waals surface area (Å²) >= 11 is 1.48. The number of carbonyl (C=O) groups excluding carboxylic acids is 1. The first-order valence-electron chi connectivity index (χ1n) is 9.57. The van der Waals surface area contributed by atoms with Crippen molar-refractivity contribution in [2.24, 2.45) is 0 Å². The summed E-state index contributed by atoms with van der Waals surface area (Å²) in [7, 11) is 0. The third kappa shape index (κ3) is 4.43. The summed E-state index contributed by atoms with van der Waals surface area (Å²) in [5, 5.41) is 3.58. The average Bonchev–Trinajstić information content (AvgIpc) is 3.11. The van der Waals surface area contributed by atoms with Gasteiger partial charge in [0.1, 0.15) is 5.75 Å². The maximum atomic E-state index is 12.5. The summed E-state index contributed by atoms with van der Waals surface area (Å²) in [6.07, 6.45) is 0. The normalized spacial score (nSPS) is 15.0. The largest absolute Gasteiger partial charge is 0.494 e. The van der Waals surface area contributed by atoms with Crippen LogP contribution in [0.5, 0.6) is 5.75 Å². The lowest BCUT2D eigenvalue weighted by Gasteiger charge is -2.35. The van der Waals surface area contributed by atoms with Crippen LogP contribution in [-0.4, -0.2) is 55.1 Å². The summed E-state index contributed by atoms with van der Waals surface area (Å²) in [4.78, 5) is 21.5. The van der Waals surface area contributed by atoms with Gasteiger partial charge in [0.25, 0.3) is 0 Å². The van der Waals surface area contributed by atoms with Crippen molar-refractivity contribution in [3.8, 4) is 5.75 Å². The molecule has 4 rings (SSSR count). The molecule has 1 fully saturated rings. The van der Waals surface area contributed by atoms with Crippen LogP contribution in [0.3, 0.4) is 0 Å². The van der Waals surface area contributed by atoms with Crippen molar-refractivity contribution in [3.05, 3.63) is 48.5 Å². The van der Waals surface area contributed by atoms with Crippen LogP contribution in [-0.2, 0) is 4.79 Å². The van der Waals surface area contributed by atoms with Crippen molar-refractivity contribution in [1.82, 2.24) is 9.88 Å². The molecule has 1 N–H and O–H groups in total. The zero-order valence-electron chi connectivity index (χ0n) is 15.9. The second-order valence-corrected chi connectivity index (χ2v) is 7.76. The lowest BCUT2D eigenvalue weighted by molar-refractivity contribution is -0.117. The molecule has 0 saturated carbocycles. The summed E-state index contributed by atoms with van der Waals surface area (Å²) in [6, 6.07) is 16.2. The number of para-hydroxylation sites is 1. The molecule has 0 radical (unpaired) electrons. The number of nitrogens with one attached hydrogen (secondary N) is 1. The van der Waals surface area contributed by atoms with Gasteiger partial charge in [-0.05, 0) is 37.3 Å². The molecule has 0 aliphatic carbocycles. The van der Waals surface area contributed by atoms with Gasteiger partial charge in [0, 0.05) is 31.9 Å². The Bertz CT molecular complexity index is 936. The van der Waals surface area contributed by atoms with Gasteiger partial charge >= 0.3 is 0 Å². The molecule has 0 atom stereocenters. The molecule has 1 saturated heterocycles. The summed E-state index contributed by atoms with van der Waals surface area (Å²) in [5.74, 6) is 0.810. The van der Waals surface area contributed by atoms with Gasteiger partial charge in [-0.1, -0.05) is 29.5 Å². The molecule has 146 valence electrons. The molecule has 0 bridgehead atoms. The number of fused-ring (bicyclic) bond motifs is 1. The topological polar surface area (TPSA) is 57.7 Å². The second-order valence-electron chi connectivity index (χ2n) is 6.73. The number of amides is 1. The summed E-state index contributed by atoms with van der Waals surface area (Å²) in [5.41, 5.74) is 2.12. The van der Waals surface area contributed by atoms with Crippen LogP contribution in [0.25, 0.3) is 10.2 Å². The number of aromatic nitrogens is 1. The number of piperazine rings is 1. The molecule has 28 heavy (non-hydrogen) atoms. The van der Waals surface area contributed by atoms with E-state index in [2.05, 4.69) is 44.4 Å². The lowest BCUT2D eigenvalue weighted by Crippen LogP contribution is -2.48. The van der Waals surface area contributed by atoms with E-state index >= 15 is 0 Å². The Morgan fingerprint density at radius 2 is 1.93 bits per heavy atom. The standard InChI is InChI=1S/C21H24N4O2S/c1-2-27-17-8-9-18-19(14-17)28-21(22-18)23-20(26)15-24-10-12-25(13-11-24)16-6-4-3-5-7-16/h3-9,14H,2,10-13,15H2,1H3,(H,22,23,26). The Balaban J connectivity index is 1.30. The molecule has 6 nitrogen and oxygen atoms in total. The predicted molar refractivity (Wildman–Crippen MR) is 115 cm³/mol. The van der Waals surface area contributed by atoms with E-state index in [-0.39, 0.29) is 5.91 Å². The Morgan fingerprint density at radius 3 is 2.68 bits per heavy atom. The van der Waals surface area contributed by atoms with E-state index < -0.39 is 0 Å². The fourth-order valence-corrected chi connectivity index (χ4v) is 4.29. The number of rotatable bonds is 6. The highest BCUT2D eigenvalue weighted by Crippen LogP contribution is 2.29. The van der Waals surface area contributed by atoms with Crippen molar-refractivity contribution in [3.63, 3.8) is 0 Å². The quantitative estimate of drug-likeness (QED) is 0.692. The fourth-order valence-electron chi connectivity index (χ4n) is 3.38. The number of thiazole rings is 1. The molecule has 0 spiro atoms. The molecule has 0 unspecified atom stereocenters. The molecule has 2 heterocycles. The van der Waals surface area contributed by atoms with Crippen molar-refractivity contribution in [2.45, 2.75) is 6.92 Å². The van der Waals surface area contributed by atoms with Gasteiger partial charge in [-0.25, -0.2) is 4.98 Å². The maximum Gasteiger partial charge on any atom is 0.240 e. The van der Waals surface area contributed by atoms with Crippen molar-refractivity contribution >= 4 is 38.3 Å². The van der Waals surface area contributed by atoms with Crippen molar-refractivity contribution < 1.29 is 9.53 Å².